The van der Waals surface area contributed by atoms with Crippen LogP contribution in [0.5, 0.6) is 11.5 Å². The summed E-state index contributed by atoms with van der Waals surface area (Å²) in [5, 5.41) is 0.327. The summed E-state index contributed by atoms with van der Waals surface area (Å²) in [7, 11) is 1.57. The average Bonchev–Trinajstić information content (AvgIpc) is 2.72. The Balaban J connectivity index is 1.70. The van der Waals surface area contributed by atoms with Gasteiger partial charge >= 0.3 is 5.97 Å². The van der Waals surface area contributed by atoms with Crippen molar-refractivity contribution in [3.05, 3.63) is 101 Å². The average molecular weight is 393 g/mol. The Morgan fingerprint density at radius 3 is 2.36 bits per heavy atom. The van der Waals surface area contributed by atoms with Crippen molar-refractivity contribution in [1.29, 1.82) is 0 Å². The highest BCUT2D eigenvalue weighted by Gasteiger charge is 2.12. The van der Waals surface area contributed by atoms with Crippen LogP contribution < -0.4 is 9.47 Å². The van der Waals surface area contributed by atoms with E-state index in [1.807, 2.05) is 6.07 Å². The van der Waals surface area contributed by atoms with Crippen LogP contribution in [0.4, 0.5) is 0 Å². The van der Waals surface area contributed by atoms with Crippen LogP contribution in [0.15, 0.2) is 78.9 Å². The van der Waals surface area contributed by atoms with Crippen LogP contribution in [-0.4, -0.2) is 18.9 Å². The number of hydrogen-bond donors (Lipinski definition) is 0. The van der Waals surface area contributed by atoms with E-state index in [1.54, 1.807) is 79.9 Å². The highest BCUT2D eigenvalue weighted by Crippen LogP contribution is 2.20. The van der Waals surface area contributed by atoms with Crippen molar-refractivity contribution in [3.63, 3.8) is 0 Å². The molecule has 0 aliphatic carbocycles. The van der Waals surface area contributed by atoms with Crippen molar-refractivity contribution in [3.8, 4) is 11.5 Å². The maximum Gasteiger partial charge on any atom is 0.345 e. The SMILES string of the molecule is COc1ccc(C(=O)/C=C/c2cccc(OC(=O)c3ccccc3Cl)c2)cc1. The summed E-state index contributed by atoms with van der Waals surface area (Å²) in [4.78, 5) is 24.5. The van der Waals surface area contributed by atoms with Gasteiger partial charge in [-0.2, -0.15) is 0 Å². The topological polar surface area (TPSA) is 52.6 Å². The highest BCUT2D eigenvalue weighted by atomic mass is 35.5. The van der Waals surface area contributed by atoms with Gasteiger partial charge < -0.3 is 9.47 Å². The number of halogens is 1. The summed E-state index contributed by atoms with van der Waals surface area (Å²) >= 11 is 6.02. The third-order valence-corrected chi connectivity index (χ3v) is 4.29. The number of methoxy groups -OCH3 is 1. The molecule has 0 aliphatic rings. The van der Waals surface area contributed by atoms with Gasteiger partial charge in [0.2, 0.25) is 0 Å². The van der Waals surface area contributed by atoms with Gasteiger partial charge in [0.1, 0.15) is 11.5 Å². The minimum absolute atomic E-state index is 0.138. The molecule has 3 rings (SSSR count). The zero-order chi connectivity index (χ0) is 19.9. The third kappa shape index (κ3) is 4.87. The number of carbonyl (C=O) groups is 2. The lowest BCUT2D eigenvalue weighted by molar-refractivity contribution is 0.0734. The lowest BCUT2D eigenvalue weighted by atomic mass is 10.1. The molecule has 3 aromatic carbocycles. The molecule has 0 atom stereocenters. The molecule has 0 aromatic heterocycles. The molecule has 0 saturated carbocycles. The van der Waals surface area contributed by atoms with E-state index < -0.39 is 5.97 Å². The molecule has 5 heteroatoms. The Morgan fingerprint density at radius 1 is 0.893 bits per heavy atom. The van der Waals surface area contributed by atoms with Crippen LogP contribution in [0.1, 0.15) is 26.3 Å². The first-order chi connectivity index (χ1) is 13.6. The number of esters is 1. The van der Waals surface area contributed by atoms with E-state index in [0.29, 0.717) is 27.6 Å². The quantitative estimate of drug-likeness (QED) is 0.242. The van der Waals surface area contributed by atoms with Crippen molar-refractivity contribution in [2.24, 2.45) is 0 Å². The summed E-state index contributed by atoms with van der Waals surface area (Å²) in [6.07, 6.45) is 3.14. The second-order valence-corrected chi connectivity index (χ2v) is 6.28. The smallest absolute Gasteiger partial charge is 0.345 e. The second kappa shape index (κ2) is 9.02. The maximum absolute atomic E-state index is 12.3. The van der Waals surface area contributed by atoms with E-state index in [2.05, 4.69) is 0 Å². The van der Waals surface area contributed by atoms with Crippen molar-refractivity contribution in [2.45, 2.75) is 0 Å². The fourth-order valence-electron chi connectivity index (χ4n) is 2.49. The predicted octanol–water partition coefficient (Wildman–Crippen LogP) is 5.46. The number of ketones is 1. The predicted molar refractivity (Wildman–Crippen MR) is 109 cm³/mol. The molecule has 28 heavy (non-hydrogen) atoms. The molecule has 0 fully saturated rings. The van der Waals surface area contributed by atoms with Crippen molar-refractivity contribution in [2.75, 3.05) is 7.11 Å². The van der Waals surface area contributed by atoms with Gasteiger partial charge in [0, 0.05) is 5.56 Å². The Morgan fingerprint density at radius 2 is 1.64 bits per heavy atom. The van der Waals surface area contributed by atoms with Crippen LogP contribution in [0.2, 0.25) is 5.02 Å². The number of rotatable bonds is 6. The molecule has 0 amide bonds. The molecule has 0 unspecified atom stereocenters. The fraction of sp³-hybridized carbons (Fsp3) is 0.0435. The van der Waals surface area contributed by atoms with Gasteiger partial charge in [-0.1, -0.05) is 41.9 Å². The van der Waals surface area contributed by atoms with E-state index in [4.69, 9.17) is 21.1 Å². The van der Waals surface area contributed by atoms with E-state index in [-0.39, 0.29) is 5.78 Å². The van der Waals surface area contributed by atoms with Gasteiger partial charge in [-0.15, -0.1) is 0 Å². The number of allylic oxidation sites excluding steroid dienone is 1. The van der Waals surface area contributed by atoms with Crippen molar-refractivity contribution >= 4 is 29.4 Å². The van der Waals surface area contributed by atoms with Crippen LogP contribution >= 0.6 is 11.6 Å². The summed E-state index contributed by atoms with van der Waals surface area (Å²) in [5.74, 6) is 0.375. The van der Waals surface area contributed by atoms with Gasteiger partial charge in [-0.3, -0.25) is 4.79 Å². The van der Waals surface area contributed by atoms with Crippen molar-refractivity contribution in [1.82, 2.24) is 0 Å². The van der Waals surface area contributed by atoms with Crippen LogP contribution in [0, 0.1) is 0 Å². The minimum Gasteiger partial charge on any atom is -0.497 e. The first-order valence-corrected chi connectivity index (χ1v) is 8.88. The molecular weight excluding hydrogens is 376 g/mol. The van der Waals surface area contributed by atoms with Gasteiger partial charge in [-0.05, 0) is 60.2 Å². The Bertz CT molecular complexity index is 1020. The maximum atomic E-state index is 12.3. The van der Waals surface area contributed by atoms with Gasteiger partial charge in [-0.25, -0.2) is 4.79 Å². The van der Waals surface area contributed by atoms with Gasteiger partial charge in [0.05, 0.1) is 17.7 Å². The summed E-state index contributed by atoms with van der Waals surface area (Å²) in [6.45, 7) is 0. The van der Waals surface area contributed by atoms with E-state index >= 15 is 0 Å². The molecule has 0 N–H and O–H groups in total. The van der Waals surface area contributed by atoms with E-state index in [1.165, 1.54) is 6.08 Å². The lowest BCUT2D eigenvalue weighted by Gasteiger charge is -2.06. The third-order valence-electron chi connectivity index (χ3n) is 3.96. The molecule has 3 aromatic rings. The number of benzene rings is 3. The van der Waals surface area contributed by atoms with Crippen LogP contribution in [0.25, 0.3) is 6.08 Å². The zero-order valence-electron chi connectivity index (χ0n) is 15.1. The van der Waals surface area contributed by atoms with Crippen LogP contribution in [0.3, 0.4) is 0 Å². The van der Waals surface area contributed by atoms with Gasteiger partial charge in [0.25, 0.3) is 0 Å². The lowest BCUT2D eigenvalue weighted by Crippen LogP contribution is -2.09. The first kappa shape index (κ1) is 19.4. The fourth-order valence-corrected chi connectivity index (χ4v) is 2.71. The van der Waals surface area contributed by atoms with E-state index in [9.17, 15) is 9.59 Å². The number of carbonyl (C=O) groups excluding carboxylic acids is 2. The molecule has 0 bridgehead atoms. The molecule has 0 spiro atoms. The second-order valence-electron chi connectivity index (χ2n) is 5.87. The highest BCUT2D eigenvalue weighted by molar-refractivity contribution is 6.33. The first-order valence-electron chi connectivity index (χ1n) is 8.50. The van der Waals surface area contributed by atoms with E-state index in [0.717, 1.165) is 5.56 Å². The minimum atomic E-state index is -0.541. The molecule has 0 radical (unpaired) electrons. The number of ether oxygens (including phenoxy) is 2. The molecule has 140 valence electrons. The Hall–Kier alpha value is -3.37. The number of hydrogen-bond acceptors (Lipinski definition) is 4. The monoisotopic (exact) mass is 392 g/mol. The molecule has 0 heterocycles. The van der Waals surface area contributed by atoms with Crippen molar-refractivity contribution < 1.29 is 19.1 Å². The largest absolute Gasteiger partial charge is 0.497 e. The molecule has 0 aliphatic heterocycles. The Kier molecular flexibility index (Phi) is 6.25. The zero-order valence-corrected chi connectivity index (χ0v) is 15.8. The summed E-state index contributed by atoms with van der Waals surface area (Å²) in [6, 6.07) is 20.4. The molecular formula is C23H17ClO4. The summed E-state index contributed by atoms with van der Waals surface area (Å²) in [5.41, 5.74) is 1.57. The van der Waals surface area contributed by atoms with Gasteiger partial charge in [0.15, 0.2) is 5.78 Å². The molecule has 4 nitrogen and oxygen atoms in total. The normalized spacial score (nSPS) is 10.6. The molecule has 0 saturated heterocycles. The summed E-state index contributed by atoms with van der Waals surface area (Å²) < 4.78 is 10.5. The van der Waals surface area contributed by atoms with Crippen LogP contribution in [-0.2, 0) is 0 Å². The standard InChI is InChI=1S/C23H17ClO4/c1-27-18-12-10-17(11-13-18)22(25)14-9-16-5-4-6-19(15-16)28-23(26)20-7-2-3-8-21(20)24/h2-15H,1H3/b14-9+. The Labute approximate surface area is 168 Å².